The first kappa shape index (κ1) is 21.2. The number of carbonyl (C=O) groups excluding carboxylic acids is 1. The summed E-state index contributed by atoms with van der Waals surface area (Å²) in [5.41, 5.74) is 2.21. The van der Waals surface area contributed by atoms with Crippen molar-refractivity contribution in [3.63, 3.8) is 0 Å². The molecular formula is C23H32N4O2. The van der Waals surface area contributed by atoms with E-state index in [-0.39, 0.29) is 5.91 Å². The second-order valence-corrected chi connectivity index (χ2v) is 7.88. The molecule has 0 radical (unpaired) electrons. The van der Waals surface area contributed by atoms with E-state index in [1.165, 1.54) is 18.4 Å². The average molecular weight is 397 g/mol. The van der Waals surface area contributed by atoms with E-state index in [2.05, 4.69) is 27.0 Å². The van der Waals surface area contributed by atoms with Crippen molar-refractivity contribution in [3.05, 3.63) is 54.1 Å². The van der Waals surface area contributed by atoms with Crippen molar-refractivity contribution in [1.82, 2.24) is 19.8 Å². The van der Waals surface area contributed by atoms with Crippen LogP contribution in [-0.4, -0.2) is 66.0 Å². The smallest absolute Gasteiger partial charge is 0.222 e. The number of aromatic nitrogens is 2. The third-order valence-electron chi connectivity index (χ3n) is 5.65. The van der Waals surface area contributed by atoms with Gasteiger partial charge in [-0.2, -0.15) is 0 Å². The van der Waals surface area contributed by atoms with E-state index in [0.717, 1.165) is 44.0 Å². The number of methoxy groups -OCH3 is 1. The molecule has 1 aliphatic heterocycles. The molecule has 3 rings (SSSR count). The maximum Gasteiger partial charge on any atom is 0.222 e. The topological polar surface area (TPSA) is 58.6 Å². The number of likely N-dealkylation sites (tertiary alicyclic amines) is 1. The Kier molecular flexibility index (Phi) is 7.99. The first-order valence-electron chi connectivity index (χ1n) is 10.5. The second kappa shape index (κ2) is 10.9. The zero-order valence-electron chi connectivity index (χ0n) is 17.6. The van der Waals surface area contributed by atoms with Crippen molar-refractivity contribution < 1.29 is 9.53 Å². The van der Waals surface area contributed by atoms with Crippen LogP contribution in [0.15, 0.2) is 42.9 Å². The number of ether oxygens (including phenoxy) is 1. The minimum atomic E-state index is 0.186. The van der Waals surface area contributed by atoms with Crippen LogP contribution >= 0.6 is 0 Å². The van der Waals surface area contributed by atoms with Gasteiger partial charge in [-0.1, -0.05) is 12.1 Å². The third kappa shape index (κ3) is 6.82. The number of nitrogens with zero attached hydrogens (tertiary/aromatic N) is 4. The van der Waals surface area contributed by atoms with Crippen molar-refractivity contribution in [2.24, 2.45) is 5.92 Å². The molecule has 2 heterocycles. The molecule has 1 atom stereocenters. The first-order valence-corrected chi connectivity index (χ1v) is 10.5. The van der Waals surface area contributed by atoms with Gasteiger partial charge in [-0.3, -0.25) is 14.8 Å². The highest BCUT2D eigenvalue weighted by Crippen LogP contribution is 2.19. The van der Waals surface area contributed by atoms with Crippen LogP contribution in [0.25, 0.3) is 0 Å². The molecule has 0 aliphatic carbocycles. The van der Waals surface area contributed by atoms with Crippen LogP contribution in [0.2, 0.25) is 0 Å². The van der Waals surface area contributed by atoms with Gasteiger partial charge in [0.15, 0.2) is 0 Å². The maximum atomic E-state index is 12.5. The number of amides is 1. The molecular weight excluding hydrogens is 364 g/mol. The Bertz CT molecular complexity index is 751. The van der Waals surface area contributed by atoms with Crippen LogP contribution in [0.4, 0.5) is 0 Å². The predicted octanol–water partition coefficient (Wildman–Crippen LogP) is 2.83. The summed E-state index contributed by atoms with van der Waals surface area (Å²) in [7, 11) is 3.62. The van der Waals surface area contributed by atoms with Crippen molar-refractivity contribution >= 4 is 5.91 Å². The van der Waals surface area contributed by atoms with E-state index in [0.29, 0.717) is 18.8 Å². The molecule has 1 saturated heterocycles. The van der Waals surface area contributed by atoms with Gasteiger partial charge in [-0.05, 0) is 55.8 Å². The highest BCUT2D eigenvalue weighted by atomic mass is 16.5. The average Bonchev–Trinajstić information content (AvgIpc) is 2.77. The summed E-state index contributed by atoms with van der Waals surface area (Å²) in [6.45, 7) is 4.11. The minimum Gasteiger partial charge on any atom is -0.497 e. The summed E-state index contributed by atoms with van der Waals surface area (Å²) in [6.07, 6.45) is 9.64. The summed E-state index contributed by atoms with van der Waals surface area (Å²) in [6, 6.07) is 8.33. The van der Waals surface area contributed by atoms with Gasteiger partial charge in [0.25, 0.3) is 0 Å². The second-order valence-electron chi connectivity index (χ2n) is 7.88. The molecule has 1 aromatic carbocycles. The van der Waals surface area contributed by atoms with Crippen LogP contribution in [0.5, 0.6) is 5.75 Å². The molecule has 6 heteroatoms. The highest BCUT2D eigenvalue weighted by molar-refractivity contribution is 5.76. The van der Waals surface area contributed by atoms with Crippen molar-refractivity contribution in [3.8, 4) is 5.75 Å². The largest absolute Gasteiger partial charge is 0.497 e. The van der Waals surface area contributed by atoms with Crippen LogP contribution in [0, 0.1) is 5.92 Å². The SMILES string of the molecule is COc1ccc(CCN2CCC[C@H](CN(C)C(=O)CCc3cnccn3)C2)cc1. The Morgan fingerprint density at radius 3 is 2.79 bits per heavy atom. The van der Waals surface area contributed by atoms with Crippen molar-refractivity contribution in [2.45, 2.75) is 32.1 Å². The fraction of sp³-hybridized carbons (Fsp3) is 0.522. The molecule has 6 nitrogen and oxygen atoms in total. The molecule has 0 spiro atoms. The number of piperidine rings is 1. The van der Waals surface area contributed by atoms with E-state index >= 15 is 0 Å². The molecule has 156 valence electrons. The fourth-order valence-corrected chi connectivity index (χ4v) is 3.96. The Morgan fingerprint density at radius 2 is 2.07 bits per heavy atom. The number of carbonyl (C=O) groups is 1. The van der Waals surface area contributed by atoms with Gasteiger partial charge in [0.1, 0.15) is 5.75 Å². The van der Waals surface area contributed by atoms with Gasteiger partial charge in [-0.25, -0.2) is 0 Å². The summed E-state index contributed by atoms with van der Waals surface area (Å²) >= 11 is 0. The van der Waals surface area contributed by atoms with Gasteiger partial charge < -0.3 is 14.5 Å². The van der Waals surface area contributed by atoms with E-state index in [1.807, 2.05) is 24.1 Å². The van der Waals surface area contributed by atoms with E-state index in [9.17, 15) is 4.79 Å². The zero-order valence-corrected chi connectivity index (χ0v) is 17.6. The van der Waals surface area contributed by atoms with Crippen LogP contribution < -0.4 is 4.74 Å². The molecule has 1 fully saturated rings. The molecule has 2 aromatic rings. The number of hydrogen-bond donors (Lipinski definition) is 0. The number of rotatable bonds is 9. The lowest BCUT2D eigenvalue weighted by molar-refractivity contribution is -0.130. The first-order chi connectivity index (χ1) is 14.1. The lowest BCUT2D eigenvalue weighted by atomic mass is 9.97. The Morgan fingerprint density at radius 1 is 1.24 bits per heavy atom. The minimum absolute atomic E-state index is 0.186. The predicted molar refractivity (Wildman–Crippen MR) is 114 cm³/mol. The lowest BCUT2D eigenvalue weighted by Gasteiger charge is -2.34. The van der Waals surface area contributed by atoms with Crippen LogP contribution in [0.1, 0.15) is 30.5 Å². The van der Waals surface area contributed by atoms with Crippen LogP contribution in [0.3, 0.4) is 0 Å². The summed E-state index contributed by atoms with van der Waals surface area (Å²) in [5.74, 6) is 1.63. The van der Waals surface area contributed by atoms with E-state index < -0.39 is 0 Å². The molecule has 0 saturated carbocycles. The Balaban J connectivity index is 1.40. The van der Waals surface area contributed by atoms with Gasteiger partial charge in [-0.15, -0.1) is 0 Å². The van der Waals surface area contributed by atoms with Gasteiger partial charge >= 0.3 is 0 Å². The molecule has 0 unspecified atom stereocenters. The monoisotopic (exact) mass is 396 g/mol. The van der Waals surface area contributed by atoms with E-state index in [4.69, 9.17) is 4.74 Å². The highest BCUT2D eigenvalue weighted by Gasteiger charge is 2.22. The standard InChI is InChI=1S/C23H32N4O2/c1-26(23(28)10-7-21-16-24-12-13-25-21)17-20-4-3-14-27(18-20)15-11-19-5-8-22(29-2)9-6-19/h5-6,8-9,12-13,16,20H,3-4,7,10-11,14-15,17-18H2,1-2H3/t20-/m1/s1. The normalized spacial score (nSPS) is 17.1. The summed E-state index contributed by atoms with van der Waals surface area (Å²) in [4.78, 5) is 25.2. The Hall–Kier alpha value is -2.47. The third-order valence-corrected chi connectivity index (χ3v) is 5.65. The molecule has 0 bridgehead atoms. The van der Waals surface area contributed by atoms with Crippen molar-refractivity contribution in [2.75, 3.05) is 40.3 Å². The molecule has 1 amide bonds. The number of aryl methyl sites for hydroxylation is 1. The zero-order chi connectivity index (χ0) is 20.5. The van der Waals surface area contributed by atoms with Gasteiger partial charge in [0.05, 0.1) is 12.8 Å². The van der Waals surface area contributed by atoms with Crippen molar-refractivity contribution in [1.29, 1.82) is 0 Å². The fourth-order valence-electron chi connectivity index (χ4n) is 3.96. The van der Waals surface area contributed by atoms with Gasteiger partial charge in [0.2, 0.25) is 5.91 Å². The molecule has 29 heavy (non-hydrogen) atoms. The van der Waals surface area contributed by atoms with Gasteiger partial charge in [0, 0.05) is 51.7 Å². The number of hydrogen-bond acceptors (Lipinski definition) is 5. The number of benzene rings is 1. The van der Waals surface area contributed by atoms with Crippen LogP contribution in [-0.2, 0) is 17.6 Å². The Labute approximate surface area is 173 Å². The summed E-state index contributed by atoms with van der Waals surface area (Å²) < 4.78 is 5.23. The summed E-state index contributed by atoms with van der Waals surface area (Å²) in [5, 5.41) is 0. The lowest BCUT2D eigenvalue weighted by Crippen LogP contribution is -2.42. The molecule has 0 N–H and O–H groups in total. The molecule has 1 aliphatic rings. The maximum absolute atomic E-state index is 12.5. The van der Waals surface area contributed by atoms with E-state index in [1.54, 1.807) is 25.7 Å². The molecule has 1 aromatic heterocycles. The quantitative estimate of drug-likeness (QED) is 0.652.